The molecule has 0 aliphatic carbocycles. The van der Waals surface area contributed by atoms with Crippen LogP contribution in [0.25, 0.3) is 11.4 Å². The highest BCUT2D eigenvalue weighted by atomic mass is 32.2. The monoisotopic (exact) mass is 451 g/mol. The maximum absolute atomic E-state index is 11.7. The average Bonchev–Trinajstić information content (AvgIpc) is 3.38. The Bertz CT molecular complexity index is 1050. The minimum atomic E-state index is -0.312. The lowest BCUT2D eigenvalue weighted by atomic mass is 10.1. The van der Waals surface area contributed by atoms with E-state index in [1.807, 2.05) is 42.5 Å². The molecular weight excluding hydrogens is 426 g/mol. The molecule has 0 saturated carbocycles. The fraction of sp³-hybridized carbons (Fsp3) is 0.304. The Morgan fingerprint density at radius 2 is 1.81 bits per heavy atom. The summed E-state index contributed by atoms with van der Waals surface area (Å²) in [5.74, 6) is 2.15. The first-order valence-electron chi connectivity index (χ1n) is 10.5. The Kier molecular flexibility index (Phi) is 7.06. The largest absolute Gasteiger partial charge is 0.497 e. The molecule has 166 valence electrons. The summed E-state index contributed by atoms with van der Waals surface area (Å²) in [6.45, 7) is 1.24. The number of hydrogen-bond acceptors (Lipinski definition) is 6. The molecule has 2 heterocycles. The quantitative estimate of drug-likeness (QED) is 0.289. The number of amides is 3. The summed E-state index contributed by atoms with van der Waals surface area (Å²) < 4.78 is 7.40. The Hall–Kier alpha value is -3.33. The van der Waals surface area contributed by atoms with Gasteiger partial charge in [0.1, 0.15) is 5.75 Å². The van der Waals surface area contributed by atoms with Crippen molar-refractivity contribution in [2.75, 3.05) is 26.0 Å². The van der Waals surface area contributed by atoms with Crippen molar-refractivity contribution < 1.29 is 14.3 Å². The topological polar surface area (TPSA) is 89.4 Å². The number of ether oxygens (including phenoxy) is 1. The molecule has 1 aromatic heterocycles. The van der Waals surface area contributed by atoms with Crippen LogP contribution in [-0.2, 0) is 17.8 Å². The number of aryl methyl sites for hydroxylation is 1. The van der Waals surface area contributed by atoms with E-state index < -0.39 is 0 Å². The summed E-state index contributed by atoms with van der Waals surface area (Å²) in [5.41, 5.74) is 2.22. The SMILES string of the molecule is COc1ccc(-c2nnc(SCCCN3C(=O)CNC3=O)n2CCc2ccccc2)cc1. The highest BCUT2D eigenvalue weighted by Gasteiger charge is 2.27. The third-order valence-electron chi connectivity index (χ3n) is 5.23. The summed E-state index contributed by atoms with van der Waals surface area (Å²) in [7, 11) is 1.64. The van der Waals surface area contributed by atoms with Crippen LogP contribution >= 0.6 is 11.8 Å². The summed E-state index contributed by atoms with van der Waals surface area (Å²) in [6.07, 6.45) is 1.55. The van der Waals surface area contributed by atoms with Crippen molar-refractivity contribution in [3.8, 4) is 17.1 Å². The maximum atomic E-state index is 11.7. The first kappa shape index (κ1) is 21.9. The van der Waals surface area contributed by atoms with Crippen LogP contribution in [0.5, 0.6) is 5.75 Å². The van der Waals surface area contributed by atoms with Crippen LogP contribution in [0.15, 0.2) is 59.8 Å². The number of nitrogens with one attached hydrogen (secondary N) is 1. The molecule has 0 radical (unpaired) electrons. The minimum Gasteiger partial charge on any atom is -0.497 e. The van der Waals surface area contributed by atoms with Crippen molar-refractivity contribution in [3.63, 3.8) is 0 Å². The number of thioether (sulfide) groups is 1. The summed E-state index contributed by atoms with van der Waals surface area (Å²) in [6, 6.07) is 17.8. The van der Waals surface area contributed by atoms with E-state index in [1.54, 1.807) is 18.9 Å². The van der Waals surface area contributed by atoms with E-state index >= 15 is 0 Å². The molecule has 9 heteroatoms. The van der Waals surface area contributed by atoms with Gasteiger partial charge < -0.3 is 14.6 Å². The lowest BCUT2D eigenvalue weighted by Crippen LogP contribution is -2.32. The van der Waals surface area contributed by atoms with E-state index in [0.29, 0.717) is 13.0 Å². The standard InChI is InChI=1S/C23H25N5O3S/c1-31-19-10-8-18(9-11-19)21-25-26-23(28(21)14-12-17-6-3-2-4-7-17)32-15-5-13-27-20(29)16-24-22(27)30/h2-4,6-11H,5,12-16H2,1H3,(H,24,30). The highest BCUT2D eigenvalue weighted by molar-refractivity contribution is 7.99. The van der Waals surface area contributed by atoms with Gasteiger partial charge in [-0.15, -0.1) is 10.2 Å². The van der Waals surface area contributed by atoms with Gasteiger partial charge in [0.2, 0.25) is 5.91 Å². The predicted molar refractivity (Wildman–Crippen MR) is 123 cm³/mol. The summed E-state index contributed by atoms with van der Waals surface area (Å²) >= 11 is 1.59. The third kappa shape index (κ3) is 5.11. The number of methoxy groups -OCH3 is 1. The predicted octanol–water partition coefficient (Wildman–Crippen LogP) is 3.23. The molecule has 3 amide bonds. The van der Waals surface area contributed by atoms with Crippen molar-refractivity contribution in [3.05, 3.63) is 60.2 Å². The zero-order chi connectivity index (χ0) is 22.3. The van der Waals surface area contributed by atoms with E-state index in [4.69, 9.17) is 4.74 Å². The van der Waals surface area contributed by atoms with Gasteiger partial charge in [0.15, 0.2) is 11.0 Å². The van der Waals surface area contributed by atoms with Crippen molar-refractivity contribution in [2.45, 2.75) is 24.5 Å². The molecule has 0 atom stereocenters. The van der Waals surface area contributed by atoms with Crippen LogP contribution < -0.4 is 10.1 Å². The maximum Gasteiger partial charge on any atom is 0.324 e. The summed E-state index contributed by atoms with van der Waals surface area (Å²) in [5, 5.41) is 12.3. The lowest BCUT2D eigenvalue weighted by molar-refractivity contribution is -0.124. The molecule has 1 N–H and O–H groups in total. The summed E-state index contributed by atoms with van der Waals surface area (Å²) in [4.78, 5) is 24.7. The van der Waals surface area contributed by atoms with Gasteiger partial charge in [-0.2, -0.15) is 0 Å². The zero-order valence-corrected chi connectivity index (χ0v) is 18.7. The van der Waals surface area contributed by atoms with Crippen molar-refractivity contribution in [2.24, 2.45) is 0 Å². The van der Waals surface area contributed by atoms with Gasteiger partial charge in [-0.05, 0) is 42.7 Å². The van der Waals surface area contributed by atoms with Crippen molar-refractivity contribution in [1.29, 1.82) is 0 Å². The number of urea groups is 1. The first-order chi connectivity index (χ1) is 15.7. The fourth-order valence-corrected chi connectivity index (χ4v) is 4.39. The smallest absolute Gasteiger partial charge is 0.324 e. The second-order valence-corrected chi connectivity index (χ2v) is 8.39. The minimum absolute atomic E-state index is 0.0883. The number of imide groups is 1. The van der Waals surface area contributed by atoms with Gasteiger partial charge in [-0.3, -0.25) is 9.69 Å². The number of aromatic nitrogens is 3. The second kappa shape index (κ2) is 10.3. The van der Waals surface area contributed by atoms with Gasteiger partial charge in [-0.1, -0.05) is 42.1 Å². The molecule has 1 saturated heterocycles. The first-order valence-corrected chi connectivity index (χ1v) is 11.5. The van der Waals surface area contributed by atoms with E-state index in [2.05, 4.69) is 32.2 Å². The van der Waals surface area contributed by atoms with E-state index in [0.717, 1.165) is 41.0 Å². The van der Waals surface area contributed by atoms with Crippen LogP contribution in [-0.4, -0.2) is 57.6 Å². The molecule has 32 heavy (non-hydrogen) atoms. The Morgan fingerprint density at radius 3 is 2.50 bits per heavy atom. The number of carbonyl (C=O) groups excluding carboxylic acids is 2. The number of rotatable bonds is 10. The Labute approximate surface area is 191 Å². The van der Waals surface area contributed by atoms with Crippen molar-refractivity contribution in [1.82, 2.24) is 25.0 Å². The number of hydrogen-bond donors (Lipinski definition) is 1. The average molecular weight is 452 g/mol. The van der Waals surface area contributed by atoms with Gasteiger partial charge in [0.05, 0.1) is 13.7 Å². The Balaban J connectivity index is 1.46. The molecule has 4 rings (SSSR count). The molecule has 0 spiro atoms. The second-order valence-electron chi connectivity index (χ2n) is 7.33. The number of nitrogens with zero attached hydrogens (tertiary/aromatic N) is 4. The van der Waals surface area contributed by atoms with Crippen LogP contribution in [0.4, 0.5) is 4.79 Å². The fourth-order valence-electron chi connectivity index (χ4n) is 3.50. The van der Waals surface area contributed by atoms with E-state index in [-0.39, 0.29) is 18.5 Å². The van der Waals surface area contributed by atoms with Crippen LogP contribution in [0.1, 0.15) is 12.0 Å². The highest BCUT2D eigenvalue weighted by Crippen LogP contribution is 2.26. The van der Waals surface area contributed by atoms with E-state index in [1.165, 1.54) is 10.5 Å². The normalized spacial score (nSPS) is 13.5. The Morgan fingerprint density at radius 1 is 1.03 bits per heavy atom. The molecular formula is C23H25N5O3S. The molecule has 8 nitrogen and oxygen atoms in total. The number of benzene rings is 2. The molecule has 0 unspecified atom stereocenters. The zero-order valence-electron chi connectivity index (χ0n) is 17.9. The lowest BCUT2D eigenvalue weighted by Gasteiger charge is -2.13. The van der Waals surface area contributed by atoms with Crippen LogP contribution in [0, 0.1) is 0 Å². The molecule has 0 bridgehead atoms. The van der Waals surface area contributed by atoms with Crippen LogP contribution in [0.3, 0.4) is 0 Å². The van der Waals surface area contributed by atoms with Crippen molar-refractivity contribution >= 4 is 23.7 Å². The van der Waals surface area contributed by atoms with Gasteiger partial charge >= 0.3 is 6.03 Å². The van der Waals surface area contributed by atoms with Gasteiger partial charge in [-0.25, -0.2) is 4.79 Å². The number of carbonyl (C=O) groups is 2. The molecule has 1 aliphatic rings. The van der Waals surface area contributed by atoms with E-state index in [9.17, 15) is 9.59 Å². The molecule has 1 fully saturated rings. The van der Waals surface area contributed by atoms with Crippen LogP contribution in [0.2, 0.25) is 0 Å². The third-order valence-corrected chi connectivity index (χ3v) is 6.28. The van der Waals surface area contributed by atoms with Gasteiger partial charge in [0, 0.05) is 24.4 Å². The molecule has 1 aliphatic heterocycles. The molecule has 2 aromatic carbocycles. The molecule has 3 aromatic rings. The van der Waals surface area contributed by atoms with Gasteiger partial charge in [0.25, 0.3) is 0 Å².